The van der Waals surface area contributed by atoms with Gasteiger partial charge in [-0.1, -0.05) is 13.0 Å². The predicted octanol–water partition coefficient (Wildman–Crippen LogP) is 2.81. The van der Waals surface area contributed by atoms with E-state index in [0.29, 0.717) is 6.10 Å². The minimum absolute atomic E-state index is 0.322. The minimum atomic E-state index is 0.322. The van der Waals surface area contributed by atoms with Crippen LogP contribution in [-0.4, -0.2) is 25.7 Å². The summed E-state index contributed by atoms with van der Waals surface area (Å²) in [6, 6.07) is 6.66. The molecule has 0 aliphatic carbocycles. The first kappa shape index (κ1) is 12.8. The summed E-state index contributed by atoms with van der Waals surface area (Å²) >= 11 is 0. The van der Waals surface area contributed by atoms with Crippen molar-refractivity contribution in [2.24, 2.45) is 5.92 Å². The molecular weight excluding hydrogens is 236 g/mol. The molecule has 2 aliphatic heterocycles. The van der Waals surface area contributed by atoms with E-state index in [1.54, 1.807) is 0 Å². The number of fused-ring (bicyclic) bond motifs is 1. The van der Waals surface area contributed by atoms with Crippen LogP contribution < -0.4 is 15.4 Å². The molecule has 3 heteroatoms. The molecular formula is C16H24N2O. The number of ether oxygens (including phenoxy) is 1. The summed E-state index contributed by atoms with van der Waals surface area (Å²) < 4.78 is 5.95. The Balaban J connectivity index is 1.67. The fraction of sp³-hybridized carbons (Fsp3) is 0.625. The molecule has 0 bridgehead atoms. The number of benzene rings is 1. The van der Waals surface area contributed by atoms with Crippen molar-refractivity contribution in [1.29, 1.82) is 0 Å². The number of nitrogens with one attached hydrogen (secondary N) is 2. The number of anilines is 1. The first-order valence-electron chi connectivity index (χ1n) is 7.59. The standard InChI is InChI=1S/C16H24N2O/c1-2-14-11-18-15-10-13(3-4-16(15)19-14)9-12-5-7-17-8-6-12/h3-4,10,12,14,17-18H,2,5-9,11H2,1H3. The Labute approximate surface area is 115 Å². The van der Waals surface area contributed by atoms with E-state index in [1.807, 2.05) is 0 Å². The predicted molar refractivity (Wildman–Crippen MR) is 78.9 cm³/mol. The lowest BCUT2D eigenvalue weighted by Gasteiger charge is -2.28. The zero-order chi connectivity index (χ0) is 13.1. The van der Waals surface area contributed by atoms with Gasteiger partial charge in [-0.3, -0.25) is 0 Å². The Hall–Kier alpha value is -1.22. The molecule has 19 heavy (non-hydrogen) atoms. The maximum Gasteiger partial charge on any atom is 0.142 e. The molecule has 3 rings (SSSR count). The smallest absolute Gasteiger partial charge is 0.142 e. The van der Waals surface area contributed by atoms with E-state index >= 15 is 0 Å². The maximum atomic E-state index is 5.95. The van der Waals surface area contributed by atoms with Gasteiger partial charge in [0.25, 0.3) is 0 Å². The number of hydrogen-bond donors (Lipinski definition) is 2. The molecule has 0 saturated carbocycles. The van der Waals surface area contributed by atoms with E-state index in [0.717, 1.165) is 24.6 Å². The van der Waals surface area contributed by atoms with Crippen LogP contribution in [0.4, 0.5) is 5.69 Å². The quantitative estimate of drug-likeness (QED) is 0.877. The highest BCUT2D eigenvalue weighted by Gasteiger charge is 2.19. The second kappa shape index (κ2) is 5.83. The molecule has 104 valence electrons. The van der Waals surface area contributed by atoms with Gasteiger partial charge in [-0.2, -0.15) is 0 Å². The van der Waals surface area contributed by atoms with Crippen LogP contribution in [0.3, 0.4) is 0 Å². The number of rotatable bonds is 3. The minimum Gasteiger partial charge on any atom is -0.486 e. The van der Waals surface area contributed by atoms with Crippen molar-refractivity contribution < 1.29 is 4.74 Å². The van der Waals surface area contributed by atoms with Gasteiger partial charge >= 0.3 is 0 Å². The summed E-state index contributed by atoms with van der Waals surface area (Å²) in [7, 11) is 0. The van der Waals surface area contributed by atoms with Crippen LogP contribution in [0.2, 0.25) is 0 Å². The van der Waals surface area contributed by atoms with Gasteiger partial charge in [0, 0.05) is 0 Å². The van der Waals surface area contributed by atoms with E-state index < -0.39 is 0 Å². The van der Waals surface area contributed by atoms with Crippen LogP contribution >= 0.6 is 0 Å². The van der Waals surface area contributed by atoms with Gasteiger partial charge in [0.15, 0.2) is 0 Å². The average Bonchev–Trinajstić information content (AvgIpc) is 2.48. The van der Waals surface area contributed by atoms with Gasteiger partial charge in [-0.15, -0.1) is 0 Å². The molecule has 0 amide bonds. The molecule has 2 N–H and O–H groups in total. The summed E-state index contributed by atoms with van der Waals surface area (Å²) in [4.78, 5) is 0. The van der Waals surface area contributed by atoms with Crippen molar-refractivity contribution in [3.05, 3.63) is 23.8 Å². The van der Waals surface area contributed by atoms with E-state index in [1.165, 1.54) is 43.6 Å². The molecule has 0 radical (unpaired) electrons. The second-order valence-electron chi connectivity index (χ2n) is 5.76. The van der Waals surface area contributed by atoms with Gasteiger partial charge in [-0.05, 0) is 62.4 Å². The highest BCUT2D eigenvalue weighted by atomic mass is 16.5. The Morgan fingerprint density at radius 1 is 1.26 bits per heavy atom. The van der Waals surface area contributed by atoms with Gasteiger partial charge in [0.05, 0.1) is 12.2 Å². The lowest BCUT2D eigenvalue weighted by atomic mass is 9.91. The Morgan fingerprint density at radius 3 is 2.89 bits per heavy atom. The zero-order valence-corrected chi connectivity index (χ0v) is 11.7. The summed E-state index contributed by atoms with van der Waals surface area (Å²) in [5.41, 5.74) is 2.62. The monoisotopic (exact) mass is 260 g/mol. The highest BCUT2D eigenvalue weighted by Crippen LogP contribution is 2.32. The molecule has 1 atom stereocenters. The Bertz CT molecular complexity index is 427. The third kappa shape index (κ3) is 3.03. The number of hydrogen-bond acceptors (Lipinski definition) is 3. The molecule has 1 fully saturated rings. The van der Waals surface area contributed by atoms with Crippen LogP contribution in [0.1, 0.15) is 31.7 Å². The Kier molecular flexibility index (Phi) is 3.92. The molecule has 1 unspecified atom stereocenters. The van der Waals surface area contributed by atoms with E-state index in [4.69, 9.17) is 4.74 Å². The van der Waals surface area contributed by atoms with Crippen molar-refractivity contribution in [2.45, 2.75) is 38.7 Å². The van der Waals surface area contributed by atoms with Gasteiger partial charge in [-0.25, -0.2) is 0 Å². The number of piperidine rings is 1. The molecule has 3 nitrogen and oxygen atoms in total. The van der Waals surface area contributed by atoms with Crippen LogP contribution in [0.15, 0.2) is 18.2 Å². The highest BCUT2D eigenvalue weighted by molar-refractivity contribution is 5.59. The lowest BCUT2D eigenvalue weighted by Crippen LogP contribution is -2.30. The fourth-order valence-corrected chi connectivity index (χ4v) is 3.04. The van der Waals surface area contributed by atoms with E-state index in [-0.39, 0.29) is 0 Å². The lowest BCUT2D eigenvalue weighted by molar-refractivity contribution is 0.201. The average molecular weight is 260 g/mol. The fourth-order valence-electron chi connectivity index (χ4n) is 3.04. The second-order valence-corrected chi connectivity index (χ2v) is 5.76. The maximum absolute atomic E-state index is 5.95. The van der Waals surface area contributed by atoms with Gasteiger partial charge < -0.3 is 15.4 Å². The SMILES string of the molecule is CCC1CNc2cc(CC3CCNCC3)ccc2O1. The van der Waals surface area contributed by atoms with Crippen LogP contribution in [0.5, 0.6) is 5.75 Å². The molecule has 2 heterocycles. The molecule has 1 saturated heterocycles. The largest absolute Gasteiger partial charge is 0.486 e. The molecule has 1 aromatic carbocycles. The summed E-state index contributed by atoms with van der Waals surface area (Å²) in [6.07, 6.45) is 5.19. The molecule has 2 aliphatic rings. The van der Waals surface area contributed by atoms with Crippen LogP contribution in [0, 0.1) is 5.92 Å². The van der Waals surface area contributed by atoms with Crippen molar-refractivity contribution in [1.82, 2.24) is 5.32 Å². The first-order chi connectivity index (χ1) is 9.35. The molecule has 0 spiro atoms. The van der Waals surface area contributed by atoms with Crippen LogP contribution in [-0.2, 0) is 6.42 Å². The normalized spacial score (nSPS) is 23.3. The van der Waals surface area contributed by atoms with Crippen molar-refractivity contribution in [3.8, 4) is 5.75 Å². The molecule has 1 aromatic rings. The topological polar surface area (TPSA) is 33.3 Å². The van der Waals surface area contributed by atoms with E-state index in [9.17, 15) is 0 Å². The summed E-state index contributed by atoms with van der Waals surface area (Å²) in [6.45, 7) is 5.45. The van der Waals surface area contributed by atoms with Crippen molar-refractivity contribution >= 4 is 5.69 Å². The van der Waals surface area contributed by atoms with Crippen molar-refractivity contribution in [2.75, 3.05) is 25.0 Å². The van der Waals surface area contributed by atoms with Gasteiger partial charge in [0.1, 0.15) is 11.9 Å². The molecule has 0 aromatic heterocycles. The summed E-state index contributed by atoms with van der Waals surface area (Å²) in [5, 5.41) is 6.93. The van der Waals surface area contributed by atoms with Crippen LogP contribution in [0.25, 0.3) is 0 Å². The first-order valence-corrected chi connectivity index (χ1v) is 7.59. The zero-order valence-electron chi connectivity index (χ0n) is 11.7. The Morgan fingerprint density at radius 2 is 2.11 bits per heavy atom. The third-order valence-corrected chi connectivity index (χ3v) is 4.30. The van der Waals surface area contributed by atoms with E-state index in [2.05, 4.69) is 35.8 Å². The third-order valence-electron chi connectivity index (χ3n) is 4.30. The summed E-state index contributed by atoms with van der Waals surface area (Å²) in [5.74, 6) is 1.86. The van der Waals surface area contributed by atoms with Gasteiger partial charge in [0.2, 0.25) is 0 Å². The van der Waals surface area contributed by atoms with Crippen molar-refractivity contribution in [3.63, 3.8) is 0 Å².